The normalized spacial score (nSPS) is 22.0. The summed E-state index contributed by atoms with van der Waals surface area (Å²) in [4.78, 5) is 15.3. The average molecular weight is 337 g/mol. The maximum absolute atomic E-state index is 14.5. The number of benzene rings is 1. The van der Waals surface area contributed by atoms with Crippen molar-refractivity contribution >= 4 is 23.2 Å². The Labute approximate surface area is 139 Å². The van der Waals surface area contributed by atoms with Crippen LogP contribution in [0.25, 0.3) is 0 Å². The second-order valence-electron chi connectivity index (χ2n) is 5.89. The summed E-state index contributed by atoms with van der Waals surface area (Å²) in [5.74, 6) is -0.376. The van der Waals surface area contributed by atoms with Gasteiger partial charge in [0.05, 0.1) is 36.8 Å². The van der Waals surface area contributed by atoms with Crippen molar-refractivity contribution in [1.29, 1.82) is 0 Å². The van der Waals surface area contributed by atoms with Crippen molar-refractivity contribution < 1.29 is 23.9 Å². The van der Waals surface area contributed by atoms with Crippen LogP contribution in [0.2, 0.25) is 0 Å². The van der Waals surface area contributed by atoms with E-state index in [1.54, 1.807) is 19.1 Å². The van der Waals surface area contributed by atoms with Gasteiger partial charge in [-0.25, -0.2) is 9.18 Å². The molecule has 2 heterocycles. The van der Waals surface area contributed by atoms with E-state index in [4.69, 9.17) is 14.7 Å². The standard InChI is InChI=1S/C16H20FN3O4/c1-11(18-22)8-13-10-20(16(21)24-13)12-2-3-15(14(17)9-12)19-4-6-23-7-5-19/h2-3,9,13,22H,4-8,10H2,1H3/b18-11+/t13-/m0/s1. The van der Waals surface area contributed by atoms with Crippen molar-refractivity contribution in [3.63, 3.8) is 0 Å². The lowest BCUT2D eigenvalue weighted by molar-refractivity contribution is 0.122. The maximum atomic E-state index is 14.5. The van der Waals surface area contributed by atoms with Gasteiger partial charge in [-0.3, -0.25) is 4.90 Å². The van der Waals surface area contributed by atoms with Gasteiger partial charge in [0.15, 0.2) is 0 Å². The molecule has 3 rings (SSSR count). The summed E-state index contributed by atoms with van der Waals surface area (Å²) < 4.78 is 25.0. The molecular formula is C16H20FN3O4. The second-order valence-corrected chi connectivity index (χ2v) is 5.89. The molecule has 2 saturated heterocycles. The molecule has 7 nitrogen and oxygen atoms in total. The van der Waals surface area contributed by atoms with E-state index >= 15 is 0 Å². The van der Waals surface area contributed by atoms with Crippen LogP contribution in [0.5, 0.6) is 0 Å². The summed E-state index contributed by atoms with van der Waals surface area (Å²) >= 11 is 0. The van der Waals surface area contributed by atoms with Gasteiger partial charge in [0, 0.05) is 19.5 Å². The fourth-order valence-corrected chi connectivity index (χ4v) is 2.93. The van der Waals surface area contributed by atoms with E-state index < -0.39 is 12.2 Å². The van der Waals surface area contributed by atoms with Crippen molar-refractivity contribution in [3.05, 3.63) is 24.0 Å². The first kappa shape index (κ1) is 16.5. The van der Waals surface area contributed by atoms with Crippen LogP contribution in [-0.4, -0.2) is 56.0 Å². The monoisotopic (exact) mass is 337 g/mol. The van der Waals surface area contributed by atoms with E-state index in [2.05, 4.69) is 5.16 Å². The minimum atomic E-state index is -0.524. The topological polar surface area (TPSA) is 74.6 Å². The van der Waals surface area contributed by atoms with Crippen LogP contribution in [-0.2, 0) is 9.47 Å². The van der Waals surface area contributed by atoms with E-state index in [0.29, 0.717) is 56.4 Å². The fourth-order valence-electron chi connectivity index (χ4n) is 2.93. The highest BCUT2D eigenvalue weighted by Crippen LogP contribution is 2.29. The van der Waals surface area contributed by atoms with Crippen LogP contribution < -0.4 is 9.80 Å². The lowest BCUT2D eigenvalue weighted by Crippen LogP contribution is -2.36. The highest BCUT2D eigenvalue weighted by Gasteiger charge is 2.33. The number of cyclic esters (lactones) is 1. The molecule has 0 spiro atoms. The van der Waals surface area contributed by atoms with Gasteiger partial charge in [-0.05, 0) is 25.1 Å². The van der Waals surface area contributed by atoms with Crippen molar-refractivity contribution in [2.75, 3.05) is 42.6 Å². The van der Waals surface area contributed by atoms with Crippen molar-refractivity contribution in [2.45, 2.75) is 19.4 Å². The number of carbonyl (C=O) groups is 1. The van der Waals surface area contributed by atoms with Gasteiger partial charge in [-0.15, -0.1) is 0 Å². The Morgan fingerprint density at radius 1 is 1.42 bits per heavy atom. The first-order chi connectivity index (χ1) is 11.6. The van der Waals surface area contributed by atoms with Crippen molar-refractivity contribution in [3.8, 4) is 0 Å². The third kappa shape index (κ3) is 3.43. The van der Waals surface area contributed by atoms with Crippen LogP contribution in [0.1, 0.15) is 13.3 Å². The first-order valence-electron chi connectivity index (χ1n) is 7.86. The third-order valence-electron chi connectivity index (χ3n) is 4.16. The molecule has 1 N–H and O–H groups in total. The predicted molar refractivity (Wildman–Crippen MR) is 86.6 cm³/mol. The van der Waals surface area contributed by atoms with Gasteiger partial charge in [-0.2, -0.15) is 0 Å². The molecule has 0 radical (unpaired) electrons. The van der Waals surface area contributed by atoms with Crippen molar-refractivity contribution in [2.24, 2.45) is 5.16 Å². The lowest BCUT2D eigenvalue weighted by Gasteiger charge is -2.29. The number of hydrogen-bond acceptors (Lipinski definition) is 6. The van der Waals surface area contributed by atoms with Crippen molar-refractivity contribution in [1.82, 2.24) is 0 Å². The zero-order chi connectivity index (χ0) is 17.1. The molecule has 0 bridgehead atoms. The summed E-state index contributed by atoms with van der Waals surface area (Å²) in [6.45, 7) is 4.38. The van der Waals surface area contributed by atoms with Gasteiger partial charge in [0.2, 0.25) is 0 Å². The highest BCUT2D eigenvalue weighted by molar-refractivity contribution is 5.91. The van der Waals surface area contributed by atoms with E-state index in [9.17, 15) is 9.18 Å². The van der Waals surface area contributed by atoms with Crippen LogP contribution >= 0.6 is 0 Å². The van der Waals surface area contributed by atoms with E-state index in [0.717, 1.165) is 0 Å². The molecule has 0 aromatic heterocycles. The summed E-state index contributed by atoms with van der Waals surface area (Å²) in [7, 11) is 0. The number of ether oxygens (including phenoxy) is 2. The van der Waals surface area contributed by atoms with E-state index in [-0.39, 0.29) is 5.82 Å². The Morgan fingerprint density at radius 3 is 2.83 bits per heavy atom. The molecule has 24 heavy (non-hydrogen) atoms. The minimum Gasteiger partial charge on any atom is -0.444 e. The van der Waals surface area contributed by atoms with Crippen LogP contribution in [0.4, 0.5) is 20.6 Å². The molecule has 2 aliphatic heterocycles. The highest BCUT2D eigenvalue weighted by atomic mass is 19.1. The number of nitrogens with zero attached hydrogens (tertiary/aromatic N) is 3. The molecule has 8 heteroatoms. The number of halogens is 1. The van der Waals surface area contributed by atoms with E-state index in [1.165, 1.54) is 11.0 Å². The summed E-state index contributed by atoms with van der Waals surface area (Å²) in [5.41, 5.74) is 1.44. The second kappa shape index (κ2) is 7.04. The Kier molecular flexibility index (Phi) is 4.84. The smallest absolute Gasteiger partial charge is 0.414 e. The Bertz CT molecular complexity index is 646. The number of anilines is 2. The van der Waals surface area contributed by atoms with Crippen LogP contribution in [0.15, 0.2) is 23.4 Å². The summed E-state index contributed by atoms with van der Waals surface area (Å²) in [6, 6.07) is 4.74. The molecule has 1 atom stereocenters. The molecule has 1 aromatic rings. The molecule has 2 fully saturated rings. The van der Waals surface area contributed by atoms with Crippen LogP contribution in [0.3, 0.4) is 0 Å². The van der Waals surface area contributed by atoms with Gasteiger partial charge in [-0.1, -0.05) is 5.16 Å². The maximum Gasteiger partial charge on any atom is 0.414 e. The van der Waals surface area contributed by atoms with Crippen LogP contribution in [0, 0.1) is 5.82 Å². The fraction of sp³-hybridized carbons (Fsp3) is 0.500. The molecule has 1 amide bonds. The van der Waals surface area contributed by atoms with Gasteiger partial charge < -0.3 is 19.6 Å². The van der Waals surface area contributed by atoms with Gasteiger partial charge in [0.25, 0.3) is 0 Å². The third-order valence-corrected chi connectivity index (χ3v) is 4.16. The zero-order valence-corrected chi connectivity index (χ0v) is 13.4. The number of carbonyl (C=O) groups excluding carboxylic acids is 1. The number of oxime groups is 1. The lowest BCUT2D eigenvalue weighted by atomic mass is 10.1. The molecule has 0 saturated carbocycles. The van der Waals surface area contributed by atoms with E-state index in [1.807, 2.05) is 4.90 Å². The molecule has 130 valence electrons. The first-order valence-corrected chi connectivity index (χ1v) is 7.86. The Hall–Kier alpha value is -2.35. The average Bonchev–Trinajstić information content (AvgIpc) is 2.95. The zero-order valence-electron chi connectivity index (χ0n) is 13.4. The number of rotatable bonds is 4. The van der Waals surface area contributed by atoms with Gasteiger partial charge >= 0.3 is 6.09 Å². The largest absolute Gasteiger partial charge is 0.444 e. The Balaban J connectivity index is 1.73. The summed E-state index contributed by atoms with van der Waals surface area (Å²) in [6.07, 6.45) is -0.591. The number of hydrogen-bond donors (Lipinski definition) is 1. The van der Waals surface area contributed by atoms with Gasteiger partial charge in [0.1, 0.15) is 11.9 Å². The number of amides is 1. The predicted octanol–water partition coefficient (Wildman–Crippen LogP) is 2.23. The summed E-state index contributed by atoms with van der Waals surface area (Å²) in [5, 5.41) is 11.8. The molecular weight excluding hydrogens is 317 g/mol. The SMILES string of the molecule is C/C(C[C@H]1CN(c2ccc(N3CCOCC3)c(F)c2)C(=O)O1)=N\O. The molecule has 0 aliphatic carbocycles. The molecule has 2 aliphatic rings. The number of morpholine rings is 1. The molecule has 1 aromatic carbocycles. The minimum absolute atomic E-state index is 0.294. The Morgan fingerprint density at radius 2 is 2.17 bits per heavy atom. The quantitative estimate of drug-likeness (QED) is 0.518. The molecule has 0 unspecified atom stereocenters.